The van der Waals surface area contributed by atoms with Crippen LogP contribution in [0, 0.1) is 0 Å². The Morgan fingerprint density at radius 3 is 2.82 bits per heavy atom. The van der Waals surface area contributed by atoms with Crippen molar-refractivity contribution in [3.8, 4) is 11.5 Å². The Labute approximate surface area is 132 Å². The third kappa shape index (κ3) is 2.87. The van der Waals surface area contributed by atoms with Crippen LogP contribution in [-0.2, 0) is 4.74 Å². The molecule has 22 heavy (non-hydrogen) atoms. The summed E-state index contributed by atoms with van der Waals surface area (Å²) in [5.41, 5.74) is 1.18. The van der Waals surface area contributed by atoms with Gasteiger partial charge in [0.25, 0.3) is 0 Å². The molecule has 5 heteroatoms. The normalized spacial score (nSPS) is 10.5. The fourth-order valence-corrected chi connectivity index (χ4v) is 2.28. The third-order valence-corrected chi connectivity index (χ3v) is 3.38. The molecular formula is C17H12ClNO3. The second-order valence-corrected chi connectivity index (χ2v) is 5.03. The highest BCUT2D eigenvalue weighted by atomic mass is 35.5. The predicted octanol–water partition coefficient (Wildman–Crippen LogP) is 4.47. The minimum atomic E-state index is -0.406. The minimum absolute atomic E-state index is 0.406. The van der Waals surface area contributed by atoms with Gasteiger partial charge in [0.1, 0.15) is 11.5 Å². The second-order valence-electron chi connectivity index (χ2n) is 4.59. The molecule has 0 saturated heterocycles. The van der Waals surface area contributed by atoms with E-state index in [1.54, 1.807) is 48.7 Å². The number of carbonyl (C=O) groups excluding carboxylic acids is 1. The molecular weight excluding hydrogens is 302 g/mol. The SMILES string of the molecule is COC(=O)c1cccc(Oc2ccnc3cc(Cl)ccc23)c1. The van der Waals surface area contributed by atoms with E-state index in [2.05, 4.69) is 4.98 Å². The van der Waals surface area contributed by atoms with E-state index >= 15 is 0 Å². The van der Waals surface area contributed by atoms with Crippen molar-refractivity contribution in [3.05, 3.63) is 65.3 Å². The summed E-state index contributed by atoms with van der Waals surface area (Å²) in [6.45, 7) is 0. The van der Waals surface area contributed by atoms with Gasteiger partial charge in [0.05, 0.1) is 18.2 Å². The first-order chi connectivity index (χ1) is 10.7. The molecule has 4 nitrogen and oxygen atoms in total. The predicted molar refractivity (Wildman–Crippen MR) is 84.6 cm³/mol. The van der Waals surface area contributed by atoms with Crippen LogP contribution in [0.15, 0.2) is 54.7 Å². The number of halogens is 1. The first kappa shape index (κ1) is 14.4. The fraction of sp³-hybridized carbons (Fsp3) is 0.0588. The molecule has 0 saturated carbocycles. The Morgan fingerprint density at radius 1 is 1.14 bits per heavy atom. The lowest BCUT2D eigenvalue weighted by Gasteiger charge is -2.09. The van der Waals surface area contributed by atoms with Crippen molar-refractivity contribution in [2.45, 2.75) is 0 Å². The summed E-state index contributed by atoms with van der Waals surface area (Å²) in [5.74, 6) is 0.783. The largest absolute Gasteiger partial charge is 0.465 e. The lowest BCUT2D eigenvalue weighted by Crippen LogP contribution is -2.00. The number of pyridine rings is 1. The maximum atomic E-state index is 11.6. The van der Waals surface area contributed by atoms with Crippen LogP contribution in [0.2, 0.25) is 5.02 Å². The number of aromatic nitrogens is 1. The lowest BCUT2D eigenvalue weighted by atomic mass is 10.2. The third-order valence-electron chi connectivity index (χ3n) is 3.15. The Hall–Kier alpha value is -2.59. The van der Waals surface area contributed by atoms with E-state index in [0.29, 0.717) is 22.1 Å². The van der Waals surface area contributed by atoms with Crippen molar-refractivity contribution >= 4 is 28.5 Å². The van der Waals surface area contributed by atoms with Gasteiger partial charge in [-0.15, -0.1) is 0 Å². The minimum Gasteiger partial charge on any atom is -0.465 e. The summed E-state index contributed by atoms with van der Waals surface area (Å²) in [6.07, 6.45) is 1.65. The number of ether oxygens (including phenoxy) is 2. The molecule has 1 heterocycles. The van der Waals surface area contributed by atoms with Crippen LogP contribution < -0.4 is 4.74 Å². The van der Waals surface area contributed by atoms with Gasteiger partial charge in [0, 0.05) is 16.6 Å². The van der Waals surface area contributed by atoms with Crippen LogP contribution in [0.1, 0.15) is 10.4 Å². The summed E-state index contributed by atoms with van der Waals surface area (Å²) in [4.78, 5) is 15.8. The van der Waals surface area contributed by atoms with Crippen LogP contribution >= 0.6 is 11.6 Å². The van der Waals surface area contributed by atoms with E-state index < -0.39 is 5.97 Å². The average Bonchev–Trinajstić information content (AvgIpc) is 2.54. The lowest BCUT2D eigenvalue weighted by molar-refractivity contribution is 0.0600. The molecule has 0 fully saturated rings. The Kier molecular flexibility index (Phi) is 3.94. The molecule has 0 aliphatic rings. The van der Waals surface area contributed by atoms with E-state index in [-0.39, 0.29) is 0 Å². The summed E-state index contributed by atoms with van der Waals surface area (Å²) in [7, 11) is 1.34. The topological polar surface area (TPSA) is 48.4 Å². The maximum absolute atomic E-state index is 11.6. The van der Waals surface area contributed by atoms with Crippen LogP contribution in [0.3, 0.4) is 0 Å². The van der Waals surface area contributed by atoms with Gasteiger partial charge in [0.15, 0.2) is 0 Å². The first-order valence-corrected chi connectivity index (χ1v) is 6.95. The molecule has 0 amide bonds. The van der Waals surface area contributed by atoms with E-state index in [4.69, 9.17) is 21.1 Å². The number of nitrogens with zero attached hydrogens (tertiary/aromatic N) is 1. The highest BCUT2D eigenvalue weighted by Gasteiger charge is 2.09. The van der Waals surface area contributed by atoms with Crippen molar-refractivity contribution in [2.24, 2.45) is 0 Å². The monoisotopic (exact) mass is 313 g/mol. The van der Waals surface area contributed by atoms with Crippen molar-refractivity contribution < 1.29 is 14.3 Å². The highest BCUT2D eigenvalue weighted by molar-refractivity contribution is 6.31. The molecule has 0 spiro atoms. The number of rotatable bonds is 3. The van der Waals surface area contributed by atoms with Gasteiger partial charge in [-0.3, -0.25) is 4.98 Å². The molecule has 0 aliphatic heterocycles. The van der Waals surface area contributed by atoms with E-state index in [9.17, 15) is 4.79 Å². The van der Waals surface area contributed by atoms with Crippen LogP contribution in [-0.4, -0.2) is 18.1 Å². The average molecular weight is 314 g/mol. The van der Waals surface area contributed by atoms with Crippen LogP contribution in [0.25, 0.3) is 10.9 Å². The Balaban J connectivity index is 1.98. The summed E-state index contributed by atoms with van der Waals surface area (Å²) < 4.78 is 10.6. The molecule has 0 atom stereocenters. The zero-order valence-electron chi connectivity index (χ0n) is 11.7. The van der Waals surface area contributed by atoms with Gasteiger partial charge in [0.2, 0.25) is 0 Å². The van der Waals surface area contributed by atoms with E-state index in [1.807, 2.05) is 6.07 Å². The Bertz CT molecular complexity index is 848. The van der Waals surface area contributed by atoms with Gasteiger partial charge in [-0.25, -0.2) is 4.79 Å². The van der Waals surface area contributed by atoms with Gasteiger partial charge >= 0.3 is 5.97 Å². The van der Waals surface area contributed by atoms with Crippen LogP contribution in [0.4, 0.5) is 0 Å². The van der Waals surface area contributed by atoms with Crippen molar-refractivity contribution in [1.29, 1.82) is 0 Å². The number of hydrogen-bond acceptors (Lipinski definition) is 4. The highest BCUT2D eigenvalue weighted by Crippen LogP contribution is 2.30. The van der Waals surface area contributed by atoms with E-state index in [0.717, 1.165) is 10.9 Å². The van der Waals surface area contributed by atoms with Gasteiger partial charge in [-0.2, -0.15) is 0 Å². The number of fused-ring (bicyclic) bond motifs is 1. The van der Waals surface area contributed by atoms with Gasteiger partial charge < -0.3 is 9.47 Å². The standard InChI is InChI=1S/C17H12ClNO3/c1-21-17(20)11-3-2-4-13(9-11)22-16-7-8-19-15-10-12(18)5-6-14(15)16/h2-10H,1H3. The second kappa shape index (κ2) is 6.03. The number of methoxy groups -OCH3 is 1. The molecule has 0 unspecified atom stereocenters. The van der Waals surface area contributed by atoms with Gasteiger partial charge in [-0.05, 0) is 42.5 Å². The molecule has 0 N–H and O–H groups in total. The number of benzene rings is 2. The summed E-state index contributed by atoms with van der Waals surface area (Å²) in [6, 6.07) is 14.0. The molecule has 2 aromatic carbocycles. The molecule has 0 aliphatic carbocycles. The quantitative estimate of drug-likeness (QED) is 0.669. The smallest absolute Gasteiger partial charge is 0.337 e. The molecule has 0 bridgehead atoms. The number of hydrogen-bond donors (Lipinski definition) is 0. The number of esters is 1. The Morgan fingerprint density at radius 2 is 2.00 bits per heavy atom. The van der Waals surface area contributed by atoms with Gasteiger partial charge in [-0.1, -0.05) is 17.7 Å². The number of carbonyl (C=O) groups is 1. The molecule has 110 valence electrons. The van der Waals surface area contributed by atoms with Crippen LogP contribution in [0.5, 0.6) is 11.5 Å². The molecule has 1 aromatic heterocycles. The zero-order valence-corrected chi connectivity index (χ0v) is 12.5. The molecule has 3 aromatic rings. The summed E-state index contributed by atoms with van der Waals surface area (Å²) in [5, 5.41) is 1.46. The van der Waals surface area contributed by atoms with E-state index in [1.165, 1.54) is 7.11 Å². The maximum Gasteiger partial charge on any atom is 0.337 e. The fourth-order valence-electron chi connectivity index (χ4n) is 2.12. The van der Waals surface area contributed by atoms with Crippen molar-refractivity contribution in [1.82, 2.24) is 4.98 Å². The van der Waals surface area contributed by atoms with Crippen molar-refractivity contribution in [3.63, 3.8) is 0 Å². The molecule has 0 radical (unpaired) electrons. The first-order valence-electron chi connectivity index (χ1n) is 6.58. The van der Waals surface area contributed by atoms with Crippen molar-refractivity contribution in [2.75, 3.05) is 7.11 Å². The summed E-state index contributed by atoms with van der Waals surface area (Å²) >= 11 is 5.97. The zero-order chi connectivity index (χ0) is 15.5. The molecule has 3 rings (SSSR count).